The molecule has 0 saturated carbocycles. The predicted molar refractivity (Wildman–Crippen MR) is 57.4 cm³/mol. The number of hydrogen-bond donors (Lipinski definition) is 1. The lowest BCUT2D eigenvalue weighted by atomic mass is 10.0. The van der Waals surface area contributed by atoms with Gasteiger partial charge in [0.25, 0.3) is 0 Å². The minimum Gasteiger partial charge on any atom is -0.314 e. The SMILES string of the molecule is CC1CN2CCCC2CN1C1CNC1. The molecular formula is C11H21N3. The predicted octanol–water partition coefficient (Wildman–Crippen LogP) is 0.127. The number of hydrogen-bond acceptors (Lipinski definition) is 3. The zero-order chi connectivity index (χ0) is 9.54. The van der Waals surface area contributed by atoms with Crippen LogP contribution in [-0.4, -0.2) is 60.6 Å². The molecule has 3 saturated heterocycles. The van der Waals surface area contributed by atoms with E-state index in [2.05, 4.69) is 22.0 Å². The van der Waals surface area contributed by atoms with Crippen LogP contribution in [0, 0.1) is 0 Å². The quantitative estimate of drug-likeness (QED) is 0.641. The zero-order valence-electron chi connectivity index (χ0n) is 9.08. The van der Waals surface area contributed by atoms with Crippen LogP contribution in [0.25, 0.3) is 0 Å². The monoisotopic (exact) mass is 195 g/mol. The van der Waals surface area contributed by atoms with Gasteiger partial charge in [0.2, 0.25) is 0 Å². The molecular weight excluding hydrogens is 174 g/mol. The number of nitrogens with zero attached hydrogens (tertiary/aromatic N) is 2. The van der Waals surface area contributed by atoms with Gasteiger partial charge in [-0.3, -0.25) is 9.80 Å². The largest absolute Gasteiger partial charge is 0.314 e. The van der Waals surface area contributed by atoms with Gasteiger partial charge >= 0.3 is 0 Å². The Morgan fingerprint density at radius 1 is 1.14 bits per heavy atom. The summed E-state index contributed by atoms with van der Waals surface area (Å²) in [4.78, 5) is 5.44. The molecule has 0 amide bonds. The van der Waals surface area contributed by atoms with Gasteiger partial charge in [-0.15, -0.1) is 0 Å². The highest BCUT2D eigenvalue weighted by atomic mass is 15.3. The average Bonchev–Trinajstić information content (AvgIpc) is 2.48. The van der Waals surface area contributed by atoms with Crippen molar-refractivity contribution in [2.75, 3.05) is 32.7 Å². The molecule has 1 N–H and O–H groups in total. The van der Waals surface area contributed by atoms with Crippen LogP contribution in [-0.2, 0) is 0 Å². The van der Waals surface area contributed by atoms with Gasteiger partial charge < -0.3 is 5.32 Å². The van der Waals surface area contributed by atoms with Crippen molar-refractivity contribution < 1.29 is 0 Å². The fraction of sp³-hybridized carbons (Fsp3) is 1.00. The highest BCUT2D eigenvalue weighted by Crippen LogP contribution is 2.26. The number of nitrogens with one attached hydrogen (secondary N) is 1. The molecule has 3 fully saturated rings. The second-order valence-corrected chi connectivity index (χ2v) is 5.15. The van der Waals surface area contributed by atoms with Gasteiger partial charge in [0, 0.05) is 44.3 Å². The topological polar surface area (TPSA) is 18.5 Å². The third-order valence-corrected chi connectivity index (χ3v) is 4.21. The van der Waals surface area contributed by atoms with Gasteiger partial charge in [-0.1, -0.05) is 0 Å². The van der Waals surface area contributed by atoms with Crippen molar-refractivity contribution in [3.05, 3.63) is 0 Å². The summed E-state index contributed by atoms with van der Waals surface area (Å²) in [5.41, 5.74) is 0. The molecule has 0 radical (unpaired) electrons. The van der Waals surface area contributed by atoms with Gasteiger partial charge in [0.1, 0.15) is 0 Å². The van der Waals surface area contributed by atoms with E-state index < -0.39 is 0 Å². The molecule has 0 aromatic rings. The minimum absolute atomic E-state index is 0.774. The number of rotatable bonds is 1. The van der Waals surface area contributed by atoms with E-state index in [1.165, 1.54) is 45.6 Å². The van der Waals surface area contributed by atoms with E-state index in [0.29, 0.717) is 0 Å². The summed E-state index contributed by atoms with van der Waals surface area (Å²) in [6, 6.07) is 2.50. The summed E-state index contributed by atoms with van der Waals surface area (Å²) in [7, 11) is 0. The molecule has 3 aliphatic rings. The Bertz CT molecular complexity index is 215. The third kappa shape index (κ3) is 1.38. The lowest BCUT2D eigenvalue weighted by Crippen LogP contribution is -2.65. The summed E-state index contributed by atoms with van der Waals surface area (Å²) in [6.45, 7) is 8.82. The standard InChI is InChI=1S/C11H21N3/c1-9-7-13-4-2-3-10(13)8-14(9)11-5-12-6-11/h9-12H,2-8H2,1H3. The second-order valence-electron chi connectivity index (χ2n) is 5.15. The average molecular weight is 195 g/mol. The van der Waals surface area contributed by atoms with Crippen molar-refractivity contribution in [2.24, 2.45) is 0 Å². The van der Waals surface area contributed by atoms with Crippen LogP contribution in [0.2, 0.25) is 0 Å². The highest BCUT2D eigenvalue weighted by molar-refractivity contribution is 4.96. The maximum atomic E-state index is 3.38. The molecule has 2 atom stereocenters. The van der Waals surface area contributed by atoms with E-state index in [4.69, 9.17) is 0 Å². The second kappa shape index (κ2) is 3.47. The molecule has 3 heterocycles. The molecule has 14 heavy (non-hydrogen) atoms. The highest BCUT2D eigenvalue weighted by Gasteiger charge is 2.38. The normalized spacial score (nSPS) is 40.9. The Labute approximate surface area is 86.4 Å². The Balaban J connectivity index is 1.67. The van der Waals surface area contributed by atoms with Gasteiger partial charge in [-0.2, -0.15) is 0 Å². The lowest BCUT2D eigenvalue weighted by molar-refractivity contribution is 0.0114. The summed E-state index contributed by atoms with van der Waals surface area (Å²) >= 11 is 0. The van der Waals surface area contributed by atoms with Crippen molar-refractivity contribution >= 4 is 0 Å². The minimum atomic E-state index is 0.774. The smallest absolute Gasteiger partial charge is 0.0349 e. The summed E-state index contributed by atoms with van der Waals surface area (Å²) in [5.74, 6) is 0. The van der Waals surface area contributed by atoms with Crippen LogP contribution >= 0.6 is 0 Å². The van der Waals surface area contributed by atoms with E-state index in [1.54, 1.807) is 0 Å². The summed E-state index contributed by atoms with van der Waals surface area (Å²) in [5, 5.41) is 3.38. The van der Waals surface area contributed by atoms with Crippen LogP contribution in [0.1, 0.15) is 19.8 Å². The Hall–Kier alpha value is -0.120. The fourth-order valence-electron chi connectivity index (χ4n) is 3.23. The van der Waals surface area contributed by atoms with Crippen molar-refractivity contribution in [1.29, 1.82) is 0 Å². The van der Waals surface area contributed by atoms with Gasteiger partial charge in [0.15, 0.2) is 0 Å². The molecule has 0 aromatic carbocycles. The van der Waals surface area contributed by atoms with Crippen molar-refractivity contribution in [3.63, 3.8) is 0 Å². The van der Waals surface area contributed by atoms with Crippen LogP contribution in [0.3, 0.4) is 0 Å². The molecule has 2 unspecified atom stereocenters. The molecule has 0 aliphatic carbocycles. The molecule has 0 bridgehead atoms. The van der Waals surface area contributed by atoms with Gasteiger partial charge in [-0.25, -0.2) is 0 Å². The molecule has 3 heteroatoms. The zero-order valence-corrected chi connectivity index (χ0v) is 9.08. The van der Waals surface area contributed by atoms with E-state index in [0.717, 1.165) is 18.1 Å². The van der Waals surface area contributed by atoms with Crippen molar-refractivity contribution in [3.8, 4) is 0 Å². The molecule has 3 aliphatic heterocycles. The van der Waals surface area contributed by atoms with Crippen molar-refractivity contribution in [2.45, 2.75) is 37.9 Å². The van der Waals surface area contributed by atoms with Crippen LogP contribution in [0.15, 0.2) is 0 Å². The van der Waals surface area contributed by atoms with Crippen LogP contribution < -0.4 is 5.32 Å². The maximum Gasteiger partial charge on any atom is 0.0349 e. The first kappa shape index (κ1) is 9.13. The Morgan fingerprint density at radius 2 is 2.00 bits per heavy atom. The third-order valence-electron chi connectivity index (χ3n) is 4.21. The first-order valence-electron chi connectivity index (χ1n) is 6.05. The summed E-state index contributed by atoms with van der Waals surface area (Å²) < 4.78 is 0. The van der Waals surface area contributed by atoms with E-state index in [1.807, 2.05) is 0 Å². The van der Waals surface area contributed by atoms with E-state index in [9.17, 15) is 0 Å². The van der Waals surface area contributed by atoms with Gasteiger partial charge in [0.05, 0.1) is 0 Å². The molecule has 3 rings (SSSR count). The lowest BCUT2D eigenvalue weighted by Gasteiger charge is -2.49. The van der Waals surface area contributed by atoms with E-state index in [-0.39, 0.29) is 0 Å². The number of piperazine rings is 1. The molecule has 0 spiro atoms. The Kier molecular flexibility index (Phi) is 2.26. The summed E-state index contributed by atoms with van der Waals surface area (Å²) in [6.07, 6.45) is 2.86. The van der Waals surface area contributed by atoms with E-state index >= 15 is 0 Å². The molecule has 0 aromatic heterocycles. The van der Waals surface area contributed by atoms with Crippen LogP contribution in [0.5, 0.6) is 0 Å². The fourth-order valence-corrected chi connectivity index (χ4v) is 3.23. The Morgan fingerprint density at radius 3 is 2.71 bits per heavy atom. The van der Waals surface area contributed by atoms with Gasteiger partial charge in [-0.05, 0) is 26.3 Å². The first-order valence-corrected chi connectivity index (χ1v) is 6.05. The maximum absolute atomic E-state index is 3.38. The number of fused-ring (bicyclic) bond motifs is 1. The first-order chi connectivity index (χ1) is 6.84. The molecule has 80 valence electrons. The molecule has 3 nitrogen and oxygen atoms in total. The van der Waals surface area contributed by atoms with Crippen molar-refractivity contribution in [1.82, 2.24) is 15.1 Å². The van der Waals surface area contributed by atoms with Crippen LogP contribution in [0.4, 0.5) is 0 Å².